The Hall–Kier alpha value is -3.92. The molecule has 4 nitrogen and oxygen atoms in total. The molecule has 0 aliphatic rings. The molecule has 4 N–H and O–H groups in total. The third-order valence-electron chi connectivity index (χ3n) is 5.30. The lowest BCUT2D eigenvalue weighted by atomic mass is 9.73. The average Bonchev–Trinajstić information content (AvgIpc) is 2.74. The maximum Gasteiger partial charge on any atom is 0.115 e. The maximum atomic E-state index is 10.1. The molecular weight excluding hydrogens is 376 g/mol. The first-order valence-electron chi connectivity index (χ1n) is 9.67. The average molecular weight is 398 g/mol. The molecule has 0 aliphatic heterocycles. The molecule has 2 atom stereocenters. The molecule has 30 heavy (non-hydrogen) atoms. The van der Waals surface area contributed by atoms with Gasteiger partial charge in [-0.3, -0.25) is 0 Å². The monoisotopic (exact) mass is 398 g/mol. The molecule has 0 spiro atoms. The van der Waals surface area contributed by atoms with Gasteiger partial charge in [0.05, 0.1) is 0 Å². The van der Waals surface area contributed by atoms with Crippen molar-refractivity contribution in [1.82, 2.24) is 0 Å². The molecule has 0 saturated heterocycles. The summed E-state index contributed by atoms with van der Waals surface area (Å²) in [4.78, 5) is 0. The molecule has 0 bridgehead atoms. The highest BCUT2D eigenvalue weighted by Crippen LogP contribution is 2.44. The highest BCUT2D eigenvalue weighted by atomic mass is 16.3. The van der Waals surface area contributed by atoms with Crippen LogP contribution in [0.15, 0.2) is 97.1 Å². The highest BCUT2D eigenvalue weighted by Gasteiger charge is 2.29. The van der Waals surface area contributed by atoms with Gasteiger partial charge < -0.3 is 20.4 Å². The minimum absolute atomic E-state index is 0.164. The van der Waals surface area contributed by atoms with E-state index < -0.39 is 0 Å². The van der Waals surface area contributed by atoms with Gasteiger partial charge in [-0.15, -0.1) is 0 Å². The molecule has 4 aromatic rings. The van der Waals surface area contributed by atoms with Crippen LogP contribution in [0.4, 0.5) is 0 Å². The van der Waals surface area contributed by atoms with Gasteiger partial charge in [0.25, 0.3) is 0 Å². The summed E-state index contributed by atoms with van der Waals surface area (Å²) in [6, 6.07) is 28.2. The first-order chi connectivity index (χ1) is 14.5. The summed E-state index contributed by atoms with van der Waals surface area (Å²) in [7, 11) is 0. The van der Waals surface area contributed by atoms with Crippen LogP contribution < -0.4 is 0 Å². The fraction of sp³-hybridized carbons (Fsp3) is 0.0769. The number of phenolic OH excluding ortho intramolecular Hbond substituents is 4. The predicted octanol–water partition coefficient (Wildman–Crippen LogP) is 5.47. The minimum atomic E-state index is -0.218. The number of hydrogen-bond donors (Lipinski definition) is 4. The molecular formula is C26H22O4. The van der Waals surface area contributed by atoms with E-state index in [4.69, 9.17) is 0 Å². The topological polar surface area (TPSA) is 80.9 Å². The number of hydrogen-bond acceptors (Lipinski definition) is 4. The molecule has 150 valence electrons. The van der Waals surface area contributed by atoms with Crippen LogP contribution in [0.25, 0.3) is 0 Å². The zero-order valence-electron chi connectivity index (χ0n) is 16.2. The Bertz CT molecular complexity index is 1040. The van der Waals surface area contributed by atoms with E-state index in [-0.39, 0.29) is 34.8 Å². The van der Waals surface area contributed by atoms with E-state index in [2.05, 4.69) is 0 Å². The van der Waals surface area contributed by atoms with Crippen molar-refractivity contribution >= 4 is 0 Å². The molecule has 4 aromatic carbocycles. The Labute approximate surface area is 175 Å². The smallest absolute Gasteiger partial charge is 0.115 e. The number of aromatic hydroxyl groups is 4. The van der Waals surface area contributed by atoms with E-state index in [0.29, 0.717) is 0 Å². The highest BCUT2D eigenvalue weighted by molar-refractivity contribution is 5.48. The summed E-state index contributed by atoms with van der Waals surface area (Å²) >= 11 is 0. The molecule has 0 amide bonds. The van der Waals surface area contributed by atoms with E-state index in [1.807, 2.05) is 36.4 Å². The van der Waals surface area contributed by atoms with Crippen LogP contribution in [0, 0.1) is 0 Å². The second kappa shape index (κ2) is 8.21. The Kier molecular flexibility index (Phi) is 5.31. The SMILES string of the molecule is Oc1ccc(C(c2cccc(O)c2)C(c2ccc(O)cc2)c2cccc(O)c2)cc1. The van der Waals surface area contributed by atoms with Crippen LogP contribution >= 0.6 is 0 Å². The molecule has 0 radical (unpaired) electrons. The first-order valence-corrected chi connectivity index (χ1v) is 9.67. The molecule has 0 aliphatic carbocycles. The van der Waals surface area contributed by atoms with Crippen molar-refractivity contribution in [3.05, 3.63) is 119 Å². The van der Waals surface area contributed by atoms with Crippen molar-refractivity contribution in [3.63, 3.8) is 0 Å². The largest absolute Gasteiger partial charge is 0.508 e. The van der Waals surface area contributed by atoms with Crippen LogP contribution in [0.5, 0.6) is 23.0 Å². The van der Waals surface area contributed by atoms with Crippen molar-refractivity contribution in [2.24, 2.45) is 0 Å². The van der Waals surface area contributed by atoms with Gasteiger partial charge >= 0.3 is 0 Å². The van der Waals surface area contributed by atoms with Crippen LogP contribution in [0.1, 0.15) is 34.1 Å². The maximum absolute atomic E-state index is 10.1. The Morgan fingerprint density at radius 3 is 1.07 bits per heavy atom. The molecule has 2 unspecified atom stereocenters. The van der Waals surface area contributed by atoms with Crippen LogP contribution in [-0.4, -0.2) is 20.4 Å². The third-order valence-corrected chi connectivity index (χ3v) is 5.30. The molecule has 0 aromatic heterocycles. The lowest BCUT2D eigenvalue weighted by Gasteiger charge is -2.29. The van der Waals surface area contributed by atoms with Gasteiger partial charge in [-0.05, 0) is 70.8 Å². The summed E-state index contributed by atoms with van der Waals surface area (Å²) < 4.78 is 0. The van der Waals surface area contributed by atoms with Crippen molar-refractivity contribution in [2.75, 3.05) is 0 Å². The fourth-order valence-corrected chi connectivity index (χ4v) is 3.95. The predicted molar refractivity (Wildman–Crippen MR) is 116 cm³/mol. The van der Waals surface area contributed by atoms with Gasteiger partial charge in [0.2, 0.25) is 0 Å². The van der Waals surface area contributed by atoms with Gasteiger partial charge in [-0.2, -0.15) is 0 Å². The van der Waals surface area contributed by atoms with Crippen LogP contribution in [0.2, 0.25) is 0 Å². The van der Waals surface area contributed by atoms with Gasteiger partial charge in [0.15, 0.2) is 0 Å². The molecule has 0 saturated carbocycles. The Morgan fingerprint density at radius 1 is 0.367 bits per heavy atom. The fourth-order valence-electron chi connectivity index (χ4n) is 3.95. The Balaban J connectivity index is 1.96. The lowest BCUT2D eigenvalue weighted by molar-refractivity contribution is 0.470. The van der Waals surface area contributed by atoms with Crippen molar-refractivity contribution in [3.8, 4) is 23.0 Å². The summed E-state index contributed by atoms with van der Waals surface area (Å²) in [5, 5.41) is 39.9. The molecule has 0 heterocycles. The van der Waals surface area contributed by atoms with E-state index in [9.17, 15) is 20.4 Å². The van der Waals surface area contributed by atoms with E-state index >= 15 is 0 Å². The quantitative estimate of drug-likeness (QED) is 0.359. The van der Waals surface area contributed by atoms with Gasteiger partial charge in [0.1, 0.15) is 23.0 Å². The minimum Gasteiger partial charge on any atom is -0.508 e. The van der Waals surface area contributed by atoms with E-state index in [1.165, 1.54) is 0 Å². The summed E-state index contributed by atoms with van der Waals surface area (Å²) in [6.07, 6.45) is 0. The Morgan fingerprint density at radius 2 is 0.733 bits per heavy atom. The van der Waals surface area contributed by atoms with Gasteiger partial charge in [-0.25, -0.2) is 0 Å². The molecule has 4 rings (SSSR count). The number of rotatable bonds is 5. The summed E-state index contributed by atoms with van der Waals surface area (Å²) in [6.45, 7) is 0. The third kappa shape index (κ3) is 4.08. The van der Waals surface area contributed by atoms with Crippen LogP contribution in [-0.2, 0) is 0 Å². The normalized spacial score (nSPS) is 12.9. The molecule has 4 heteroatoms. The van der Waals surface area contributed by atoms with Crippen molar-refractivity contribution in [2.45, 2.75) is 11.8 Å². The second-order valence-electron chi connectivity index (χ2n) is 7.33. The van der Waals surface area contributed by atoms with E-state index in [0.717, 1.165) is 22.3 Å². The molecule has 0 fully saturated rings. The zero-order chi connectivity index (χ0) is 21.1. The zero-order valence-corrected chi connectivity index (χ0v) is 16.2. The summed E-state index contributed by atoms with van der Waals surface area (Å²) in [5.74, 6) is 0.236. The van der Waals surface area contributed by atoms with Crippen LogP contribution in [0.3, 0.4) is 0 Å². The lowest BCUT2D eigenvalue weighted by Crippen LogP contribution is -2.14. The van der Waals surface area contributed by atoms with Crippen molar-refractivity contribution < 1.29 is 20.4 Å². The van der Waals surface area contributed by atoms with E-state index in [1.54, 1.807) is 60.7 Å². The number of benzene rings is 4. The number of phenols is 4. The second-order valence-corrected chi connectivity index (χ2v) is 7.33. The van der Waals surface area contributed by atoms with Gasteiger partial charge in [0, 0.05) is 11.8 Å². The summed E-state index contributed by atoms with van der Waals surface area (Å²) in [5.41, 5.74) is 3.67. The van der Waals surface area contributed by atoms with Gasteiger partial charge in [-0.1, -0.05) is 48.5 Å². The first kappa shape index (κ1) is 19.4. The standard InChI is InChI=1S/C26H22O4/c27-21-11-7-17(8-12-21)25(19-3-1-5-23(29)15-19)26(18-9-13-22(28)14-10-18)20-4-2-6-24(30)16-20/h1-16,25-30H. The van der Waals surface area contributed by atoms with Crippen molar-refractivity contribution in [1.29, 1.82) is 0 Å².